The Balaban J connectivity index is 1.22. The highest BCUT2D eigenvalue weighted by Crippen LogP contribution is 2.46. The molecule has 1 aromatic carbocycles. The molecule has 3 aromatic rings. The van der Waals surface area contributed by atoms with Gasteiger partial charge < -0.3 is 10.1 Å². The van der Waals surface area contributed by atoms with Gasteiger partial charge in [-0.05, 0) is 75.1 Å². The molecule has 2 atom stereocenters. The van der Waals surface area contributed by atoms with Crippen LogP contribution in [0.2, 0.25) is 0 Å². The smallest absolute Gasteiger partial charge is 0.317 e. The third kappa shape index (κ3) is 5.05. The highest BCUT2D eigenvalue weighted by Gasteiger charge is 2.44. The molecule has 2 aromatic heterocycles. The van der Waals surface area contributed by atoms with Crippen molar-refractivity contribution >= 4 is 21.7 Å². The molecule has 12 heteroatoms. The Morgan fingerprint density at radius 3 is 2.61 bits per heavy atom. The molecule has 0 bridgehead atoms. The van der Waals surface area contributed by atoms with Gasteiger partial charge in [0, 0.05) is 24.4 Å². The zero-order valence-corrected chi connectivity index (χ0v) is 21.1. The van der Waals surface area contributed by atoms with Crippen LogP contribution >= 0.6 is 0 Å². The maximum Gasteiger partial charge on any atom is 0.317 e. The Morgan fingerprint density at radius 2 is 1.97 bits per heavy atom. The number of nitrogens with one attached hydrogen (secondary N) is 1. The van der Waals surface area contributed by atoms with E-state index in [4.69, 9.17) is 9.88 Å². The maximum atomic E-state index is 14.3. The second-order valence-electron chi connectivity index (χ2n) is 9.88. The van der Waals surface area contributed by atoms with Gasteiger partial charge in [0.25, 0.3) is 0 Å². The summed E-state index contributed by atoms with van der Waals surface area (Å²) in [6, 6.07) is 4.00. The van der Waals surface area contributed by atoms with Crippen molar-refractivity contribution in [2.24, 2.45) is 5.14 Å². The molecule has 5 rings (SSSR count). The molecule has 2 aliphatic rings. The lowest BCUT2D eigenvalue weighted by molar-refractivity contribution is 0.175. The largest absolute Gasteiger partial charge is 0.460 e. The number of ether oxygens (including phenoxy) is 1. The Hall–Kier alpha value is -3.12. The molecule has 0 unspecified atom stereocenters. The standard InChI is InChI=1S/C24H30FN7O3S/c1-3-4-21-30-31-23(32(21)24(2)9-10-24)35-17-6-5-15(11-17)16-13-27-22(28-14-16)29-20-8-7-18(12-19(20)25)36(26,33)34/h7-8,12-15,17H,3-6,9-11H2,1-2H3,(H2,26,33,34)(H,27,28,29)/t15-,17+/m0/s1. The number of nitrogens with zero attached hydrogens (tertiary/aromatic N) is 5. The molecule has 2 saturated carbocycles. The predicted molar refractivity (Wildman–Crippen MR) is 131 cm³/mol. The van der Waals surface area contributed by atoms with Crippen LogP contribution in [-0.2, 0) is 22.0 Å². The topological polar surface area (TPSA) is 138 Å². The van der Waals surface area contributed by atoms with Crippen molar-refractivity contribution in [2.45, 2.75) is 81.2 Å². The quantitative estimate of drug-likeness (QED) is 0.439. The first-order valence-electron chi connectivity index (χ1n) is 12.2. The first-order valence-corrected chi connectivity index (χ1v) is 13.7. The van der Waals surface area contributed by atoms with E-state index in [1.807, 2.05) is 0 Å². The maximum absolute atomic E-state index is 14.3. The molecular formula is C24H30FN7O3S. The average Bonchev–Trinajstić information content (AvgIpc) is 3.22. The minimum absolute atomic E-state index is 0.0408. The molecule has 0 radical (unpaired) electrons. The lowest BCUT2D eigenvalue weighted by atomic mass is 10.0. The number of aromatic nitrogens is 5. The van der Waals surface area contributed by atoms with Gasteiger partial charge in [-0.3, -0.25) is 4.57 Å². The van der Waals surface area contributed by atoms with Crippen molar-refractivity contribution in [1.29, 1.82) is 0 Å². The molecule has 192 valence electrons. The number of anilines is 2. The number of nitrogens with two attached hydrogens (primary N) is 1. The molecule has 0 aliphatic heterocycles. The fourth-order valence-electron chi connectivity index (χ4n) is 4.72. The van der Waals surface area contributed by atoms with Crippen LogP contribution in [0, 0.1) is 5.82 Å². The van der Waals surface area contributed by atoms with Gasteiger partial charge in [-0.1, -0.05) is 12.0 Å². The fraction of sp³-hybridized carbons (Fsp3) is 0.500. The number of benzene rings is 1. The van der Waals surface area contributed by atoms with Crippen molar-refractivity contribution in [3.05, 3.63) is 47.8 Å². The Morgan fingerprint density at radius 1 is 1.22 bits per heavy atom. The zero-order chi connectivity index (χ0) is 25.5. The number of aryl methyl sites for hydroxylation is 1. The van der Waals surface area contributed by atoms with Gasteiger partial charge in [0.2, 0.25) is 16.0 Å². The summed E-state index contributed by atoms with van der Waals surface area (Å²) in [5.41, 5.74) is 1.11. The van der Waals surface area contributed by atoms with Crippen LogP contribution in [0.5, 0.6) is 6.01 Å². The summed E-state index contributed by atoms with van der Waals surface area (Å²) >= 11 is 0. The summed E-state index contributed by atoms with van der Waals surface area (Å²) in [4.78, 5) is 8.34. The summed E-state index contributed by atoms with van der Waals surface area (Å²) in [5, 5.41) is 16.6. The normalized spacial score (nSPS) is 20.9. The molecule has 0 saturated heterocycles. The summed E-state index contributed by atoms with van der Waals surface area (Å²) < 4.78 is 45.6. The van der Waals surface area contributed by atoms with E-state index in [0.29, 0.717) is 6.01 Å². The van der Waals surface area contributed by atoms with E-state index in [0.717, 1.165) is 62.4 Å². The number of halogens is 1. The highest BCUT2D eigenvalue weighted by atomic mass is 32.2. The number of hydrogen-bond acceptors (Lipinski definition) is 8. The lowest BCUT2D eigenvalue weighted by Crippen LogP contribution is -2.21. The van der Waals surface area contributed by atoms with Gasteiger partial charge in [0.05, 0.1) is 10.6 Å². The van der Waals surface area contributed by atoms with Crippen LogP contribution in [0.15, 0.2) is 35.5 Å². The van der Waals surface area contributed by atoms with Gasteiger partial charge in [0.1, 0.15) is 17.7 Å². The molecule has 0 spiro atoms. The molecular weight excluding hydrogens is 485 g/mol. The van der Waals surface area contributed by atoms with E-state index in [2.05, 4.69) is 43.9 Å². The molecule has 10 nitrogen and oxygen atoms in total. The molecule has 2 fully saturated rings. The van der Waals surface area contributed by atoms with Crippen LogP contribution in [0.4, 0.5) is 16.0 Å². The monoisotopic (exact) mass is 515 g/mol. The van der Waals surface area contributed by atoms with Crippen LogP contribution in [0.3, 0.4) is 0 Å². The Bertz CT molecular complexity index is 1360. The minimum Gasteiger partial charge on any atom is -0.460 e. The van der Waals surface area contributed by atoms with E-state index in [-0.39, 0.29) is 34.1 Å². The van der Waals surface area contributed by atoms with Gasteiger partial charge in [-0.25, -0.2) is 27.9 Å². The van der Waals surface area contributed by atoms with Crippen LogP contribution < -0.4 is 15.2 Å². The number of hydrogen-bond donors (Lipinski definition) is 2. The highest BCUT2D eigenvalue weighted by molar-refractivity contribution is 7.89. The van der Waals surface area contributed by atoms with E-state index in [1.165, 1.54) is 12.1 Å². The van der Waals surface area contributed by atoms with Gasteiger partial charge in [-0.15, -0.1) is 5.10 Å². The number of primary sulfonamides is 1. The molecule has 3 N–H and O–H groups in total. The number of rotatable bonds is 9. The fourth-order valence-corrected chi connectivity index (χ4v) is 5.24. The van der Waals surface area contributed by atoms with Crippen molar-refractivity contribution in [2.75, 3.05) is 5.32 Å². The van der Waals surface area contributed by atoms with Crippen molar-refractivity contribution in [1.82, 2.24) is 24.7 Å². The molecule has 2 heterocycles. The van der Waals surface area contributed by atoms with Crippen LogP contribution in [0.1, 0.15) is 69.7 Å². The Labute approximate surface area is 209 Å². The van der Waals surface area contributed by atoms with Crippen LogP contribution in [0.25, 0.3) is 0 Å². The molecule has 36 heavy (non-hydrogen) atoms. The SMILES string of the molecule is CCCc1nnc(O[C@@H]2CC[C@H](c3cnc(Nc4ccc(S(N)(=O)=O)cc4F)nc3)C2)n1C1(C)CC1. The van der Waals surface area contributed by atoms with E-state index < -0.39 is 15.8 Å². The second-order valence-corrected chi connectivity index (χ2v) is 11.4. The van der Waals surface area contributed by atoms with Crippen LogP contribution in [-0.4, -0.2) is 39.3 Å². The minimum atomic E-state index is -3.98. The lowest BCUT2D eigenvalue weighted by Gasteiger charge is -2.19. The molecule has 2 aliphatic carbocycles. The van der Waals surface area contributed by atoms with Crippen molar-refractivity contribution in [3.8, 4) is 6.01 Å². The summed E-state index contributed by atoms with van der Waals surface area (Å²) in [6.45, 7) is 4.37. The van der Waals surface area contributed by atoms with E-state index in [9.17, 15) is 12.8 Å². The summed E-state index contributed by atoms with van der Waals surface area (Å²) in [5.74, 6) is 0.688. The summed E-state index contributed by atoms with van der Waals surface area (Å²) in [6.07, 6.45) is 10.3. The van der Waals surface area contributed by atoms with E-state index in [1.54, 1.807) is 12.4 Å². The van der Waals surface area contributed by atoms with Crippen molar-refractivity contribution in [3.63, 3.8) is 0 Å². The first-order chi connectivity index (χ1) is 17.2. The summed E-state index contributed by atoms with van der Waals surface area (Å²) in [7, 11) is -3.98. The average molecular weight is 516 g/mol. The third-order valence-electron chi connectivity index (χ3n) is 7.00. The predicted octanol–water partition coefficient (Wildman–Crippen LogP) is 3.77. The van der Waals surface area contributed by atoms with Gasteiger partial charge in [-0.2, -0.15) is 0 Å². The van der Waals surface area contributed by atoms with Crippen molar-refractivity contribution < 1.29 is 17.5 Å². The van der Waals surface area contributed by atoms with Gasteiger partial charge in [0.15, 0.2) is 0 Å². The zero-order valence-electron chi connectivity index (χ0n) is 20.3. The van der Waals surface area contributed by atoms with Gasteiger partial charge >= 0.3 is 6.01 Å². The second kappa shape index (κ2) is 9.40. The molecule has 0 amide bonds. The first kappa shape index (κ1) is 24.6. The Kier molecular flexibility index (Phi) is 6.41. The number of sulfonamides is 1. The van der Waals surface area contributed by atoms with E-state index >= 15 is 0 Å². The third-order valence-corrected chi connectivity index (χ3v) is 7.91.